The molecule has 106 valence electrons. The van der Waals surface area contributed by atoms with Gasteiger partial charge in [0.1, 0.15) is 5.82 Å². The Hall–Kier alpha value is -1.61. The Morgan fingerprint density at radius 2 is 2.00 bits per heavy atom. The van der Waals surface area contributed by atoms with Crippen molar-refractivity contribution in [2.45, 2.75) is 32.1 Å². The maximum absolute atomic E-state index is 4.56. The van der Waals surface area contributed by atoms with Gasteiger partial charge in [0.05, 0.1) is 11.9 Å². The van der Waals surface area contributed by atoms with E-state index in [1.807, 2.05) is 13.2 Å². The summed E-state index contributed by atoms with van der Waals surface area (Å²) in [5.74, 6) is 1.15. The Kier molecular flexibility index (Phi) is 3.88. The van der Waals surface area contributed by atoms with Crippen LogP contribution in [-0.2, 0) is 26.3 Å². The fourth-order valence-corrected chi connectivity index (χ4v) is 3.08. The fraction of sp³-hybridized carbons (Fsp3) is 0.471. The SMILES string of the molecule is CNCCc1ncc(-c2ccc3c(c2)CCCC3)n1C. The second-order valence-corrected chi connectivity index (χ2v) is 5.66. The minimum atomic E-state index is 0.967. The summed E-state index contributed by atoms with van der Waals surface area (Å²) in [6.45, 7) is 0.967. The van der Waals surface area contributed by atoms with E-state index in [9.17, 15) is 0 Å². The van der Waals surface area contributed by atoms with Crippen molar-refractivity contribution in [1.82, 2.24) is 14.9 Å². The summed E-state index contributed by atoms with van der Waals surface area (Å²) in [4.78, 5) is 4.56. The number of nitrogens with one attached hydrogen (secondary N) is 1. The van der Waals surface area contributed by atoms with Gasteiger partial charge in [0.25, 0.3) is 0 Å². The number of hydrogen-bond donors (Lipinski definition) is 1. The van der Waals surface area contributed by atoms with Crippen LogP contribution in [-0.4, -0.2) is 23.1 Å². The van der Waals surface area contributed by atoms with E-state index in [2.05, 4.69) is 40.1 Å². The van der Waals surface area contributed by atoms with E-state index >= 15 is 0 Å². The molecule has 0 fully saturated rings. The minimum absolute atomic E-state index is 0.967. The first-order valence-corrected chi connectivity index (χ1v) is 7.57. The Morgan fingerprint density at radius 3 is 2.80 bits per heavy atom. The zero-order chi connectivity index (χ0) is 13.9. The summed E-state index contributed by atoms with van der Waals surface area (Å²) in [6.07, 6.45) is 8.12. The lowest BCUT2D eigenvalue weighted by molar-refractivity contribution is 0.685. The molecule has 1 heterocycles. The highest BCUT2D eigenvalue weighted by Crippen LogP contribution is 2.27. The Morgan fingerprint density at radius 1 is 1.20 bits per heavy atom. The maximum atomic E-state index is 4.56. The molecule has 1 aromatic heterocycles. The molecule has 0 bridgehead atoms. The van der Waals surface area contributed by atoms with E-state index in [1.54, 1.807) is 0 Å². The van der Waals surface area contributed by atoms with Crippen LogP contribution in [0.4, 0.5) is 0 Å². The highest BCUT2D eigenvalue weighted by molar-refractivity contribution is 5.61. The van der Waals surface area contributed by atoms with Gasteiger partial charge in [-0.25, -0.2) is 4.98 Å². The molecule has 0 amide bonds. The van der Waals surface area contributed by atoms with Crippen LogP contribution in [0.1, 0.15) is 29.8 Å². The summed E-state index contributed by atoms with van der Waals surface area (Å²) in [5.41, 5.74) is 5.60. The number of benzene rings is 1. The predicted octanol–water partition coefficient (Wildman–Crippen LogP) is 2.73. The topological polar surface area (TPSA) is 29.9 Å². The molecule has 3 heteroatoms. The molecule has 3 rings (SSSR count). The van der Waals surface area contributed by atoms with Crippen molar-refractivity contribution in [1.29, 1.82) is 0 Å². The molecule has 1 aliphatic rings. The molecular weight excluding hydrogens is 246 g/mol. The summed E-state index contributed by atoms with van der Waals surface area (Å²) < 4.78 is 2.22. The second kappa shape index (κ2) is 5.80. The van der Waals surface area contributed by atoms with Crippen molar-refractivity contribution in [2.24, 2.45) is 7.05 Å². The van der Waals surface area contributed by atoms with Crippen molar-refractivity contribution in [3.8, 4) is 11.3 Å². The second-order valence-electron chi connectivity index (χ2n) is 5.66. The van der Waals surface area contributed by atoms with Crippen molar-refractivity contribution in [2.75, 3.05) is 13.6 Å². The molecule has 0 saturated heterocycles. The van der Waals surface area contributed by atoms with Gasteiger partial charge in [0.15, 0.2) is 0 Å². The zero-order valence-electron chi connectivity index (χ0n) is 12.4. The molecule has 0 atom stereocenters. The highest BCUT2D eigenvalue weighted by Gasteiger charge is 2.13. The van der Waals surface area contributed by atoms with E-state index in [4.69, 9.17) is 0 Å². The van der Waals surface area contributed by atoms with E-state index < -0.39 is 0 Å². The summed E-state index contributed by atoms with van der Waals surface area (Å²) in [7, 11) is 4.10. The van der Waals surface area contributed by atoms with Gasteiger partial charge in [-0.3, -0.25) is 0 Å². The molecule has 1 aliphatic carbocycles. The molecule has 1 N–H and O–H groups in total. The Balaban J connectivity index is 1.91. The summed E-state index contributed by atoms with van der Waals surface area (Å²) in [6, 6.07) is 6.93. The van der Waals surface area contributed by atoms with Crippen LogP contribution in [0, 0.1) is 0 Å². The van der Waals surface area contributed by atoms with Gasteiger partial charge in [0.2, 0.25) is 0 Å². The van der Waals surface area contributed by atoms with Gasteiger partial charge >= 0.3 is 0 Å². The molecule has 2 aromatic rings. The zero-order valence-corrected chi connectivity index (χ0v) is 12.4. The summed E-state index contributed by atoms with van der Waals surface area (Å²) >= 11 is 0. The van der Waals surface area contributed by atoms with Crippen molar-refractivity contribution >= 4 is 0 Å². The van der Waals surface area contributed by atoms with Crippen LogP contribution in [0.5, 0.6) is 0 Å². The molecular formula is C17H23N3. The molecule has 0 radical (unpaired) electrons. The third-order valence-electron chi connectivity index (χ3n) is 4.33. The monoisotopic (exact) mass is 269 g/mol. The van der Waals surface area contributed by atoms with Gasteiger partial charge in [-0.2, -0.15) is 0 Å². The standard InChI is InChI=1S/C17H23N3/c1-18-10-9-17-19-12-16(20(17)2)15-8-7-13-5-3-4-6-14(13)11-15/h7-8,11-12,18H,3-6,9-10H2,1-2H3. The maximum Gasteiger partial charge on any atom is 0.110 e. The quantitative estimate of drug-likeness (QED) is 0.925. The lowest BCUT2D eigenvalue weighted by atomic mass is 9.90. The van der Waals surface area contributed by atoms with Gasteiger partial charge in [0, 0.05) is 25.6 Å². The lowest BCUT2D eigenvalue weighted by Crippen LogP contribution is -2.13. The van der Waals surface area contributed by atoms with Crippen LogP contribution in [0.3, 0.4) is 0 Å². The van der Waals surface area contributed by atoms with Crippen molar-refractivity contribution < 1.29 is 0 Å². The molecule has 20 heavy (non-hydrogen) atoms. The molecule has 0 saturated carbocycles. The van der Waals surface area contributed by atoms with Gasteiger partial charge < -0.3 is 9.88 Å². The van der Waals surface area contributed by atoms with Crippen molar-refractivity contribution in [3.05, 3.63) is 41.3 Å². The molecule has 3 nitrogen and oxygen atoms in total. The number of likely N-dealkylation sites (N-methyl/N-ethyl adjacent to an activating group) is 1. The molecule has 0 spiro atoms. The van der Waals surface area contributed by atoms with Gasteiger partial charge in [-0.1, -0.05) is 12.1 Å². The normalized spacial score (nSPS) is 14.3. The van der Waals surface area contributed by atoms with Crippen LogP contribution in [0.2, 0.25) is 0 Å². The largest absolute Gasteiger partial charge is 0.331 e. The van der Waals surface area contributed by atoms with E-state index in [1.165, 1.54) is 48.1 Å². The Bertz CT molecular complexity index is 598. The highest BCUT2D eigenvalue weighted by atomic mass is 15.1. The van der Waals surface area contributed by atoms with Crippen LogP contribution < -0.4 is 5.32 Å². The minimum Gasteiger partial charge on any atom is -0.331 e. The first-order chi connectivity index (χ1) is 9.79. The number of hydrogen-bond acceptors (Lipinski definition) is 2. The van der Waals surface area contributed by atoms with Gasteiger partial charge in [-0.05, 0) is 49.9 Å². The number of nitrogens with zero attached hydrogens (tertiary/aromatic N) is 2. The third-order valence-corrected chi connectivity index (χ3v) is 4.33. The lowest BCUT2D eigenvalue weighted by Gasteiger charge is -2.16. The average Bonchev–Trinajstić information content (AvgIpc) is 2.85. The first kappa shape index (κ1) is 13.4. The van der Waals surface area contributed by atoms with E-state index in [0.29, 0.717) is 0 Å². The number of aromatic nitrogens is 2. The molecule has 0 aliphatic heterocycles. The summed E-state index contributed by atoms with van der Waals surface area (Å²) in [5, 5.41) is 3.18. The molecule has 0 unspecified atom stereocenters. The van der Waals surface area contributed by atoms with E-state index in [0.717, 1.165) is 18.8 Å². The van der Waals surface area contributed by atoms with Crippen LogP contribution in [0.15, 0.2) is 24.4 Å². The number of imidazole rings is 1. The number of fused-ring (bicyclic) bond motifs is 1. The predicted molar refractivity (Wildman–Crippen MR) is 82.9 cm³/mol. The smallest absolute Gasteiger partial charge is 0.110 e. The third kappa shape index (κ3) is 2.50. The average molecular weight is 269 g/mol. The Labute approximate surface area is 121 Å². The number of rotatable bonds is 4. The first-order valence-electron chi connectivity index (χ1n) is 7.57. The van der Waals surface area contributed by atoms with Crippen LogP contribution >= 0.6 is 0 Å². The van der Waals surface area contributed by atoms with E-state index in [-0.39, 0.29) is 0 Å². The number of aryl methyl sites for hydroxylation is 2. The fourth-order valence-electron chi connectivity index (χ4n) is 3.08. The molecule has 1 aromatic carbocycles. The van der Waals surface area contributed by atoms with Crippen molar-refractivity contribution in [3.63, 3.8) is 0 Å². The van der Waals surface area contributed by atoms with Gasteiger partial charge in [-0.15, -0.1) is 0 Å². The van der Waals surface area contributed by atoms with Crippen LogP contribution in [0.25, 0.3) is 11.3 Å².